The fourth-order valence-corrected chi connectivity index (χ4v) is 1.88. The van der Waals surface area contributed by atoms with Crippen LogP contribution in [0.1, 0.15) is 35.6 Å². The van der Waals surface area contributed by atoms with Crippen molar-refractivity contribution in [3.63, 3.8) is 0 Å². The van der Waals surface area contributed by atoms with Crippen LogP contribution in [0.15, 0.2) is 34.7 Å². The lowest BCUT2D eigenvalue weighted by atomic mass is 10.1. The van der Waals surface area contributed by atoms with E-state index in [0.717, 1.165) is 22.6 Å². The van der Waals surface area contributed by atoms with Crippen molar-refractivity contribution in [1.29, 1.82) is 0 Å². The maximum Gasteiger partial charge on any atom is 0.123 e. The Morgan fingerprint density at radius 3 is 2.67 bits per heavy atom. The Morgan fingerprint density at radius 2 is 2.00 bits per heavy atom. The van der Waals surface area contributed by atoms with Gasteiger partial charge >= 0.3 is 0 Å². The molecule has 3 heteroatoms. The van der Waals surface area contributed by atoms with E-state index in [1.165, 1.54) is 6.07 Å². The van der Waals surface area contributed by atoms with E-state index in [2.05, 4.69) is 5.32 Å². The van der Waals surface area contributed by atoms with Gasteiger partial charge in [-0.25, -0.2) is 4.39 Å². The summed E-state index contributed by atoms with van der Waals surface area (Å²) >= 11 is 0. The predicted octanol–water partition coefficient (Wildman–Crippen LogP) is 3.89. The van der Waals surface area contributed by atoms with E-state index >= 15 is 0 Å². The second-order valence-corrected chi connectivity index (χ2v) is 4.62. The molecule has 1 N–H and O–H groups in total. The molecule has 0 fully saturated rings. The number of nitrogens with one attached hydrogen (secondary N) is 1. The third-order valence-electron chi connectivity index (χ3n) is 3.10. The first kappa shape index (κ1) is 12.8. The molecule has 0 aliphatic heterocycles. The van der Waals surface area contributed by atoms with Crippen LogP contribution in [0.3, 0.4) is 0 Å². The Morgan fingerprint density at radius 1 is 1.22 bits per heavy atom. The van der Waals surface area contributed by atoms with Crippen LogP contribution in [-0.4, -0.2) is 0 Å². The van der Waals surface area contributed by atoms with Crippen LogP contribution in [0.25, 0.3) is 0 Å². The van der Waals surface area contributed by atoms with Crippen molar-refractivity contribution in [1.82, 2.24) is 5.32 Å². The summed E-state index contributed by atoms with van der Waals surface area (Å²) in [6.07, 6.45) is 0. The van der Waals surface area contributed by atoms with Gasteiger partial charge in [0.2, 0.25) is 0 Å². The van der Waals surface area contributed by atoms with Crippen LogP contribution in [0.2, 0.25) is 0 Å². The second-order valence-electron chi connectivity index (χ2n) is 4.62. The number of halogens is 1. The molecule has 1 unspecified atom stereocenters. The first-order valence-corrected chi connectivity index (χ1v) is 6.11. The molecule has 0 bridgehead atoms. The molecule has 0 saturated heterocycles. The molecule has 0 aliphatic rings. The molecule has 0 aliphatic carbocycles. The minimum absolute atomic E-state index is 0.112. The SMILES string of the molecule is Cc1ccc(C(C)NCc2cc(F)ccc2C)o1. The standard InChI is InChI=1S/C15H18FNO/c1-10-4-6-14(16)8-13(10)9-17-12(3)15-7-5-11(2)18-15/h4-8,12,17H,9H2,1-3H3. The summed E-state index contributed by atoms with van der Waals surface area (Å²) in [7, 11) is 0. The largest absolute Gasteiger partial charge is 0.465 e. The summed E-state index contributed by atoms with van der Waals surface area (Å²) in [4.78, 5) is 0. The summed E-state index contributed by atoms with van der Waals surface area (Å²) in [5.41, 5.74) is 2.07. The number of hydrogen-bond donors (Lipinski definition) is 1. The van der Waals surface area contributed by atoms with Gasteiger partial charge in [-0.15, -0.1) is 0 Å². The van der Waals surface area contributed by atoms with E-state index in [-0.39, 0.29) is 11.9 Å². The van der Waals surface area contributed by atoms with Crippen molar-refractivity contribution in [3.05, 3.63) is 58.8 Å². The molecule has 1 atom stereocenters. The lowest BCUT2D eigenvalue weighted by Crippen LogP contribution is -2.18. The summed E-state index contributed by atoms with van der Waals surface area (Å²) in [6.45, 7) is 6.57. The number of rotatable bonds is 4. The van der Waals surface area contributed by atoms with Gasteiger partial charge in [0, 0.05) is 6.54 Å². The van der Waals surface area contributed by atoms with Crippen molar-refractivity contribution >= 4 is 0 Å². The van der Waals surface area contributed by atoms with Crippen LogP contribution in [-0.2, 0) is 6.54 Å². The van der Waals surface area contributed by atoms with Crippen LogP contribution in [0.5, 0.6) is 0 Å². The van der Waals surface area contributed by atoms with E-state index in [1.54, 1.807) is 12.1 Å². The molecule has 1 aromatic heterocycles. The smallest absolute Gasteiger partial charge is 0.123 e. The van der Waals surface area contributed by atoms with Gasteiger partial charge in [0.1, 0.15) is 17.3 Å². The monoisotopic (exact) mass is 247 g/mol. The minimum atomic E-state index is -0.195. The van der Waals surface area contributed by atoms with Crippen molar-refractivity contribution in [2.45, 2.75) is 33.4 Å². The van der Waals surface area contributed by atoms with Gasteiger partial charge in [-0.3, -0.25) is 0 Å². The highest BCUT2D eigenvalue weighted by Gasteiger charge is 2.09. The molecule has 18 heavy (non-hydrogen) atoms. The average Bonchev–Trinajstić information content (AvgIpc) is 2.77. The maximum atomic E-state index is 13.2. The van der Waals surface area contributed by atoms with Gasteiger partial charge in [0.15, 0.2) is 0 Å². The fourth-order valence-electron chi connectivity index (χ4n) is 1.88. The summed E-state index contributed by atoms with van der Waals surface area (Å²) in [6, 6.07) is 8.88. The van der Waals surface area contributed by atoms with Crippen molar-refractivity contribution in [2.24, 2.45) is 0 Å². The van der Waals surface area contributed by atoms with Crippen molar-refractivity contribution < 1.29 is 8.81 Å². The van der Waals surface area contributed by atoms with E-state index in [0.29, 0.717) is 6.54 Å². The van der Waals surface area contributed by atoms with Gasteiger partial charge < -0.3 is 9.73 Å². The molecule has 0 amide bonds. The molecule has 0 radical (unpaired) electrons. The molecule has 2 aromatic rings. The van der Waals surface area contributed by atoms with Gasteiger partial charge in [-0.2, -0.15) is 0 Å². The molecule has 96 valence electrons. The molecule has 1 heterocycles. The summed E-state index contributed by atoms with van der Waals surface area (Å²) < 4.78 is 18.7. The molecule has 2 rings (SSSR count). The van der Waals surface area contributed by atoms with Gasteiger partial charge in [0.05, 0.1) is 6.04 Å². The first-order chi connectivity index (χ1) is 8.56. The highest BCUT2D eigenvalue weighted by atomic mass is 19.1. The highest BCUT2D eigenvalue weighted by Crippen LogP contribution is 2.17. The number of benzene rings is 1. The maximum absolute atomic E-state index is 13.2. The zero-order chi connectivity index (χ0) is 13.1. The average molecular weight is 247 g/mol. The van der Waals surface area contributed by atoms with Gasteiger partial charge in [0.25, 0.3) is 0 Å². The molecule has 0 saturated carbocycles. The van der Waals surface area contributed by atoms with Crippen LogP contribution in [0, 0.1) is 19.7 Å². The Kier molecular flexibility index (Phi) is 3.82. The normalized spacial score (nSPS) is 12.7. The van der Waals surface area contributed by atoms with E-state index in [9.17, 15) is 4.39 Å². The van der Waals surface area contributed by atoms with E-state index in [4.69, 9.17) is 4.42 Å². The van der Waals surface area contributed by atoms with Crippen LogP contribution in [0.4, 0.5) is 4.39 Å². The van der Waals surface area contributed by atoms with E-state index in [1.807, 2.05) is 32.9 Å². The highest BCUT2D eigenvalue weighted by molar-refractivity contribution is 5.26. The Balaban J connectivity index is 2.01. The topological polar surface area (TPSA) is 25.2 Å². The molecule has 1 aromatic carbocycles. The predicted molar refractivity (Wildman–Crippen MR) is 69.8 cm³/mol. The number of hydrogen-bond acceptors (Lipinski definition) is 2. The van der Waals surface area contributed by atoms with Crippen molar-refractivity contribution in [2.75, 3.05) is 0 Å². The Labute approximate surface area is 107 Å². The van der Waals surface area contributed by atoms with E-state index < -0.39 is 0 Å². The third-order valence-corrected chi connectivity index (χ3v) is 3.10. The second kappa shape index (κ2) is 5.36. The van der Waals surface area contributed by atoms with Crippen LogP contribution < -0.4 is 5.32 Å². The molecular weight excluding hydrogens is 229 g/mol. The number of aryl methyl sites for hydroxylation is 2. The summed E-state index contributed by atoms with van der Waals surface area (Å²) in [5.74, 6) is 1.61. The number of furan rings is 1. The minimum Gasteiger partial charge on any atom is -0.465 e. The molecule has 2 nitrogen and oxygen atoms in total. The molecular formula is C15H18FNO. The van der Waals surface area contributed by atoms with Gasteiger partial charge in [-0.05, 0) is 56.2 Å². The Hall–Kier alpha value is -1.61. The summed E-state index contributed by atoms with van der Waals surface area (Å²) in [5, 5.41) is 3.34. The zero-order valence-electron chi connectivity index (χ0n) is 11.0. The third kappa shape index (κ3) is 2.99. The zero-order valence-corrected chi connectivity index (χ0v) is 11.0. The quantitative estimate of drug-likeness (QED) is 0.886. The lowest BCUT2D eigenvalue weighted by Gasteiger charge is -2.13. The Bertz CT molecular complexity index is 533. The van der Waals surface area contributed by atoms with Gasteiger partial charge in [-0.1, -0.05) is 6.07 Å². The van der Waals surface area contributed by atoms with Crippen molar-refractivity contribution in [3.8, 4) is 0 Å². The first-order valence-electron chi connectivity index (χ1n) is 6.11. The molecule has 0 spiro atoms. The fraction of sp³-hybridized carbons (Fsp3) is 0.333. The van der Waals surface area contributed by atoms with Crippen LogP contribution >= 0.6 is 0 Å². The lowest BCUT2D eigenvalue weighted by molar-refractivity contribution is 0.415.